The van der Waals surface area contributed by atoms with E-state index in [9.17, 15) is 13.2 Å². The molecule has 1 aromatic rings. The average molecular weight is 271 g/mol. The second-order valence-electron chi connectivity index (χ2n) is 3.81. The normalized spacial score (nSPS) is 14.4. The molecule has 7 nitrogen and oxygen atoms in total. The van der Waals surface area contributed by atoms with Crippen molar-refractivity contribution in [2.45, 2.75) is 11.3 Å². The summed E-state index contributed by atoms with van der Waals surface area (Å²) >= 11 is 0. The Morgan fingerprint density at radius 3 is 2.94 bits per heavy atom. The average Bonchev–Trinajstić information content (AvgIpc) is 2.68. The number of benzene rings is 1. The monoisotopic (exact) mass is 271 g/mol. The Hall–Kier alpha value is -1.48. The van der Waals surface area contributed by atoms with E-state index in [1.54, 1.807) is 6.07 Å². The summed E-state index contributed by atoms with van der Waals surface area (Å²) in [5.74, 6) is 4.67. The third kappa shape index (κ3) is 2.67. The van der Waals surface area contributed by atoms with E-state index >= 15 is 0 Å². The Bertz CT molecular complexity index is 570. The first-order valence-electron chi connectivity index (χ1n) is 5.27. The lowest BCUT2D eigenvalue weighted by molar-refractivity contribution is -0.115. The summed E-state index contributed by atoms with van der Waals surface area (Å²) in [6.07, 6.45) is 0.199. The van der Waals surface area contributed by atoms with Crippen LogP contribution in [0.3, 0.4) is 0 Å². The summed E-state index contributed by atoms with van der Waals surface area (Å²) < 4.78 is 26.1. The molecule has 1 aliphatic heterocycles. The number of hydrogen-bond acceptors (Lipinski definition) is 5. The van der Waals surface area contributed by atoms with Crippen molar-refractivity contribution in [1.29, 1.82) is 0 Å². The minimum Gasteiger partial charge on any atom is -0.326 e. The molecule has 1 heterocycles. The van der Waals surface area contributed by atoms with E-state index in [0.717, 1.165) is 0 Å². The van der Waals surface area contributed by atoms with Crippen LogP contribution in [0.2, 0.25) is 0 Å². The van der Waals surface area contributed by atoms with Crippen molar-refractivity contribution in [3.05, 3.63) is 23.8 Å². The molecule has 1 amide bonds. The van der Waals surface area contributed by atoms with E-state index in [4.69, 9.17) is 5.90 Å². The molecular formula is C10H13N3O4S. The lowest BCUT2D eigenvalue weighted by Crippen LogP contribution is -2.28. The standard InChI is InChI=1S/C10H13N3O4S/c11-17-4-3-12-18(15,16)8-1-2-9-7(5-8)6-10(14)13-9/h1-2,5,12H,3-4,6,11H2,(H,13,14). The molecule has 2 rings (SSSR count). The molecule has 0 aliphatic carbocycles. The lowest BCUT2D eigenvalue weighted by Gasteiger charge is -2.07. The highest BCUT2D eigenvalue weighted by Crippen LogP contribution is 2.25. The Morgan fingerprint density at radius 1 is 1.44 bits per heavy atom. The molecule has 1 aliphatic rings. The van der Waals surface area contributed by atoms with Gasteiger partial charge in [-0.25, -0.2) is 19.0 Å². The van der Waals surface area contributed by atoms with Crippen molar-refractivity contribution in [3.8, 4) is 0 Å². The van der Waals surface area contributed by atoms with Gasteiger partial charge in [0.15, 0.2) is 0 Å². The van der Waals surface area contributed by atoms with E-state index in [0.29, 0.717) is 11.3 Å². The van der Waals surface area contributed by atoms with Crippen molar-refractivity contribution in [2.75, 3.05) is 18.5 Å². The number of amides is 1. The number of fused-ring (bicyclic) bond motifs is 1. The predicted molar refractivity (Wildman–Crippen MR) is 64.1 cm³/mol. The van der Waals surface area contributed by atoms with Gasteiger partial charge in [-0.3, -0.25) is 4.79 Å². The summed E-state index contributed by atoms with van der Waals surface area (Å²) in [6.45, 7) is 0.178. The van der Waals surface area contributed by atoms with Gasteiger partial charge >= 0.3 is 0 Å². The second kappa shape index (κ2) is 5.02. The fourth-order valence-electron chi connectivity index (χ4n) is 1.69. The van der Waals surface area contributed by atoms with Crippen molar-refractivity contribution >= 4 is 21.6 Å². The Morgan fingerprint density at radius 2 is 2.22 bits per heavy atom. The number of sulfonamides is 1. The van der Waals surface area contributed by atoms with Gasteiger partial charge in [0.05, 0.1) is 17.9 Å². The molecular weight excluding hydrogens is 258 g/mol. The third-order valence-electron chi connectivity index (χ3n) is 2.52. The van der Waals surface area contributed by atoms with E-state index in [1.807, 2.05) is 0 Å². The fraction of sp³-hybridized carbons (Fsp3) is 0.300. The van der Waals surface area contributed by atoms with Crippen LogP contribution in [0.1, 0.15) is 5.56 Å². The molecule has 0 saturated heterocycles. The molecule has 0 saturated carbocycles. The fourth-order valence-corrected chi connectivity index (χ4v) is 2.75. The van der Waals surface area contributed by atoms with Crippen LogP contribution in [-0.2, 0) is 26.1 Å². The number of anilines is 1. The van der Waals surface area contributed by atoms with Crippen LogP contribution in [0.4, 0.5) is 5.69 Å². The predicted octanol–water partition coefficient (Wildman–Crippen LogP) is -0.650. The molecule has 0 aromatic heterocycles. The first-order valence-corrected chi connectivity index (χ1v) is 6.75. The molecule has 8 heteroatoms. The SMILES string of the molecule is NOCCNS(=O)(=O)c1ccc2c(c1)CC(=O)N2. The van der Waals surface area contributed by atoms with Gasteiger partial charge < -0.3 is 10.2 Å². The van der Waals surface area contributed by atoms with E-state index < -0.39 is 10.0 Å². The van der Waals surface area contributed by atoms with Gasteiger partial charge in [-0.2, -0.15) is 0 Å². The van der Waals surface area contributed by atoms with Crippen molar-refractivity contribution in [1.82, 2.24) is 4.72 Å². The van der Waals surface area contributed by atoms with E-state index in [1.165, 1.54) is 12.1 Å². The van der Waals surface area contributed by atoms with Crippen LogP contribution >= 0.6 is 0 Å². The van der Waals surface area contributed by atoms with Crippen molar-refractivity contribution in [3.63, 3.8) is 0 Å². The molecule has 4 N–H and O–H groups in total. The summed E-state index contributed by atoms with van der Waals surface area (Å²) in [7, 11) is -3.60. The van der Waals surface area contributed by atoms with Crippen LogP contribution in [0.15, 0.2) is 23.1 Å². The van der Waals surface area contributed by atoms with Crippen LogP contribution in [0, 0.1) is 0 Å². The molecule has 0 radical (unpaired) electrons. The maximum Gasteiger partial charge on any atom is 0.240 e. The second-order valence-corrected chi connectivity index (χ2v) is 5.58. The summed E-state index contributed by atoms with van der Waals surface area (Å²) in [5, 5.41) is 2.64. The molecule has 0 unspecified atom stereocenters. The minimum absolute atomic E-state index is 0.0875. The first-order chi connectivity index (χ1) is 8.53. The molecule has 18 heavy (non-hydrogen) atoms. The largest absolute Gasteiger partial charge is 0.326 e. The zero-order valence-corrected chi connectivity index (χ0v) is 10.3. The van der Waals surface area contributed by atoms with Gasteiger partial charge in [0.2, 0.25) is 15.9 Å². The molecule has 0 fully saturated rings. The number of rotatable bonds is 5. The number of carbonyl (C=O) groups is 1. The van der Waals surface area contributed by atoms with Crippen molar-refractivity contribution < 1.29 is 18.0 Å². The van der Waals surface area contributed by atoms with Crippen molar-refractivity contribution in [2.24, 2.45) is 5.90 Å². The molecule has 98 valence electrons. The van der Waals surface area contributed by atoms with E-state index in [2.05, 4.69) is 14.9 Å². The number of nitrogens with two attached hydrogens (primary N) is 1. The number of nitrogens with one attached hydrogen (secondary N) is 2. The Labute approximate surface area is 104 Å². The Balaban J connectivity index is 2.19. The third-order valence-corrected chi connectivity index (χ3v) is 3.98. The zero-order valence-electron chi connectivity index (χ0n) is 9.47. The summed E-state index contributed by atoms with van der Waals surface area (Å²) in [5.41, 5.74) is 1.34. The highest BCUT2D eigenvalue weighted by molar-refractivity contribution is 7.89. The van der Waals surface area contributed by atoms with Gasteiger partial charge in [0.25, 0.3) is 0 Å². The maximum absolute atomic E-state index is 11.9. The first kappa shape index (κ1) is 13.0. The number of hydrogen-bond donors (Lipinski definition) is 3. The Kier molecular flexibility index (Phi) is 3.62. The van der Waals surface area contributed by atoms with Gasteiger partial charge in [-0.15, -0.1) is 0 Å². The zero-order chi connectivity index (χ0) is 13.2. The molecule has 0 atom stereocenters. The summed E-state index contributed by atoms with van der Waals surface area (Å²) in [4.78, 5) is 15.6. The smallest absolute Gasteiger partial charge is 0.240 e. The molecule has 1 aromatic carbocycles. The van der Waals surface area contributed by atoms with Gasteiger partial charge in [0, 0.05) is 12.2 Å². The highest BCUT2D eigenvalue weighted by Gasteiger charge is 2.21. The quantitative estimate of drug-likeness (QED) is 0.487. The summed E-state index contributed by atoms with van der Waals surface area (Å²) in [6, 6.07) is 4.50. The lowest BCUT2D eigenvalue weighted by atomic mass is 10.2. The van der Waals surface area contributed by atoms with Gasteiger partial charge in [0.1, 0.15) is 0 Å². The van der Waals surface area contributed by atoms with Gasteiger partial charge in [-0.05, 0) is 23.8 Å². The van der Waals surface area contributed by atoms with E-state index in [-0.39, 0.29) is 30.4 Å². The minimum atomic E-state index is -3.60. The van der Waals surface area contributed by atoms with Crippen LogP contribution in [0.25, 0.3) is 0 Å². The van der Waals surface area contributed by atoms with Crippen LogP contribution in [-0.4, -0.2) is 27.5 Å². The molecule has 0 bridgehead atoms. The van der Waals surface area contributed by atoms with Crippen LogP contribution < -0.4 is 15.9 Å². The maximum atomic E-state index is 11.9. The molecule has 0 spiro atoms. The van der Waals surface area contributed by atoms with Crippen LogP contribution in [0.5, 0.6) is 0 Å². The topological polar surface area (TPSA) is 111 Å². The highest BCUT2D eigenvalue weighted by atomic mass is 32.2. The number of carbonyl (C=O) groups excluding carboxylic acids is 1. The van der Waals surface area contributed by atoms with Gasteiger partial charge in [-0.1, -0.05) is 0 Å².